The van der Waals surface area contributed by atoms with E-state index in [1.165, 1.54) is 0 Å². The predicted molar refractivity (Wildman–Crippen MR) is 71.7 cm³/mol. The Morgan fingerprint density at radius 2 is 1.33 bits per heavy atom. The Morgan fingerprint density at radius 1 is 0.944 bits per heavy atom. The summed E-state index contributed by atoms with van der Waals surface area (Å²) in [7, 11) is 0. The third-order valence-electron chi connectivity index (χ3n) is 3.45. The van der Waals surface area contributed by atoms with Gasteiger partial charge in [0.1, 0.15) is 0 Å². The Bertz CT molecular complexity index is 342. The van der Waals surface area contributed by atoms with Gasteiger partial charge >= 0.3 is 0 Å². The summed E-state index contributed by atoms with van der Waals surface area (Å²) in [5.74, 6) is 2.01. The molecule has 4 heteroatoms. The Kier molecular flexibility index (Phi) is 3.69. The van der Waals surface area contributed by atoms with Gasteiger partial charge in [0.15, 0.2) is 11.4 Å². The molecular formula is C14H24N2O2. The smallest absolute Gasteiger partial charge is 0.161 e. The number of ether oxygens (including phenoxy) is 2. The first kappa shape index (κ1) is 13.4. The van der Waals surface area contributed by atoms with Crippen LogP contribution in [0, 0.1) is 0 Å². The van der Waals surface area contributed by atoms with Crippen molar-refractivity contribution >= 4 is 0 Å². The van der Waals surface area contributed by atoms with Gasteiger partial charge in [0.2, 0.25) is 0 Å². The fourth-order valence-electron chi connectivity index (χ4n) is 2.42. The SMILES string of the molecule is CC1=CCC(C)(NCCNC2(C)CC=C(C)O2)O1. The third kappa shape index (κ3) is 3.27. The van der Waals surface area contributed by atoms with Crippen LogP contribution in [0.3, 0.4) is 0 Å². The zero-order valence-corrected chi connectivity index (χ0v) is 11.8. The molecule has 0 aromatic rings. The van der Waals surface area contributed by atoms with E-state index in [2.05, 4.69) is 36.6 Å². The monoisotopic (exact) mass is 252 g/mol. The van der Waals surface area contributed by atoms with Crippen molar-refractivity contribution in [1.82, 2.24) is 10.6 Å². The first-order valence-electron chi connectivity index (χ1n) is 6.62. The van der Waals surface area contributed by atoms with Crippen LogP contribution in [0.5, 0.6) is 0 Å². The van der Waals surface area contributed by atoms with E-state index in [4.69, 9.17) is 9.47 Å². The second kappa shape index (κ2) is 4.94. The Hall–Kier alpha value is -1.00. The molecular weight excluding hydrogens is 228 g/mol. The molecule has 18 heavy (non-hydrogen) atoms. The average molecular weight is 252 g/mol. The standard InChI is InChI=1S/C14H24N2O2/c1-11-5-7-13(3,17-11)15-9-10-16-14(4)8-6-12(2)18-14/h5-6,15-16H,7-10H2,1-4H3. The fourth-order valence-corrected chi connectivity index (χ4v) is 2.42. The molecule has 4 nitrogen and oxygen atoms in total. The van der Waals surface area contributed by atoms with Crippen molar-refractivity contribution in [2.24, 2.45) is 0 Å². The second-order valence-electron chi connectivity index (χ2n) is 5.56. The van der Waals surface area contributed by atoms with Gasteiger partial charge in [-0.3, -0.25) is 10.6 Å². The highest BCUT2D eigenvalue weighted by Crippen LogP contribution is 2.25. The maximum absolute atomic E-state index is 5.74. The van der Waals surface area contributed by atoms with Gasteiger partial charge in [-0.15, -0.1) is 0 Å². The minimum absolute atomic E-state index is 0.239. The van der Waals surface area contributed by atoms with Crippen molar-refractivity contribution < 1.29 is 9.47 Å². The van der Waals surface area contributed by atoms with Crippen molar-refractivity contribution in [1.29, 1.82) is 0 Å². The molecule has 2 unspecified atom stereocenters. The molecule has 0 fully saturated rings. The molecule has 2 atom stereocenters. The van der Waals surface area contributed by atoms with Gasteiger partial charge in [-0.1, -0.05) is 0 Å². The van der Waals surface area contributed by atoms with Crippen LogP contribution >= 0.6 is 0 Å². The van der Waals surface area contributed by atoms with Gasteiger partial charge in [-0.05, 0) is 39.8 Å². The Labute approximate surface area is 109 Å². The molecule has 102 valence electrons. The lowest BCUT2D eigenvalue weighted by atomic mass is 10.2. The molecule has 0 aliphatic carbocycles. The van der Waals surface area contributed by atoms with Crippen molar-refractivity contribution in [2.45, 2.75) is 52.0 Å². The number of nitrogens with one attached hydrogen (secondary N) is 2. The highest BCUT2D eigenvalue weighted by atomic mass is 16.5. The maximum Gasteiger partial charge on any atom is 0.161 e. The quantitative estimate of drug-likeness (QED) is 0.736. The molecule has 2 N–H and O–H groups in total. The summed E-state index contributed by atoms with van der Waals surface area (Å²) in [6, 6.07) is 0. The Balaban J connectivity index is 1.65. The molecule has 0 saturated heterocycles. The highest BCUT2D eigenvalue weighted by Gasteiger charge is 2.31. The maximum atomic E-state index is 5.74. The number of allylic oxidation sites excluding steroid dienone is 2. The first-order valence-corrected chi connectivity index (χ1v) is 6.62. The van der Waals surface area contributed by atoms with Crippen molar-refractivity contribution in [3.05, 3.63) is 23.7 Å². The van der Waals surface area contributed by atoms with Crippen molar-refractivity contribution in [3.8, 4) is 0 Å². The molecule has 2 aliphatic heterocycles. The summed E-state index contributed by atoms with van der Waals surface area (Å²) in [4.78, 5) is 0. The lowest BCUT2D eigenvalue weighted by molar-refractivity contribution is -0.000369. The van der Waals surface area contributed by atoms with Gasteiger partial charge in [-0.2, -0.15) is 0 Å². The molecule has 2 heterocycles. The van der Waals surface area contributed by atoms with Crippen LogP contribution in [0.1, 0.15) is 40.5 Å². The lowest BCUT2D eigenvalue weighted by Gasteiger charge is -2.29. The molecule has 0 aromatic carbocycles. The van der Waals surface area contributed by atoms with Gasteiger partial charge in [0.05, 0.1) is 11.5 Å². The van der Waals surface area contributed by atoms with E-state index in [-0.39, 0.29) is 11.4 Å². The fraction of sp³-hybridized carbons (Fsp3) is 0.714. The largest absolute Gasteiger partial charge is 0.478 e. The van der Waals surface area contributed by atoms with Crippen LogP contribution in [0.25, 0.3) is 0 Å². The van der Waals surface area contributed by atoms with Gasteiger partial charge < -0.3 is 9.47 Å². The first-order chi connectivity index (χ1) is 8.41. The van der Waals surface area contributed by atoms with E-state index in [0.29, 0.717) is 0 Å². The summed E-state index contributed by atoms with van der Waals surface area (Å²) in [6.45, 7) is 9.87. The zero-order valence-electron chi connectivity index (χ0n) is 11.8. The topological polar surface area (TPSA) is 42.5 Å². The number of hydrogen-bond donors (Lipinski definition) is 2. The zero-order chi connectivity index (χ0) is 13.2. The number of rotatable bonds is 5. The number of hydrogen-bond acceptors (Lipinski definition) is 4. The summed E-state index contributed by atoms with van der Waals surface area (Å²) >= 11 is 0. The van der Waals surface area contributed by atoms with E-state index in [0.717, 1.165) is 37.4 Å². The molecule has 0 saturated carbocycles. The summed E-state index contributed by atoms with van der Waals surface area (Å²) in [6.07, 6.45) is 6.09. The molecule has 2 rings (SSSR count). The molecule has 0 bridgehead atoms. The van der Waals surface area contributed by atoms with Gasteiger partial charge in [-0.25, -0.2) is 0 Å². The second-order valence-corrected chi connectivity index (χ2v) is 5.56. The van der Waals surface area contributed by atoms with Gasteiger partial charge in [0, 0.05) is 25.9 Å². The van der Waals surface area contributed by atoms with Crippen LogP contribution in [0.15, 0.2) is 23.7 Å². The van der Waals surface area contributed by atoms with Crippen LogP contribution in [0.2, 0.25) is 0 Å². The normalized spacial score (nSPS) is 34.9. The summed E-state index contributed by atoms with van der Waals surface area (Å²) in [5, 5.41) is 6.86. The van der Waals surface area contributed by atoms with Crippen LogP contribution < -0.4 is 10.6 Å². The Morgan fingerprint density at radius 3 is 1.61 bits per heavy atom. The minimum atomic E-state index is -0.239. The van der Waals surface area contributed by atoms with Gasteiger partial charge in [0.25, 0.3) is 0 Å². The lowest BCUT2D eigenvalue weighted by Crippen LogP contribution is -2.49. The van der Waals surface area contributed by atoms with Crippen molar-refractivity contribution in [2.75, 3.05) is 13.1 Å². The van der Waals surface area contributed by atoms with E-state index in [9.17, 15) is 0 Å². The van der Waals surface area contributed by atoms with Crippen LogP contribution in [0.4, 0.5) is 0 Å². The van der Waals surface area contributed by atoms with E-state index >= 15 is 0 Å². The minimum Gasteiger partial charge on any atom is -0.478 e. The average Bonchev–Trinajstić information content (AvgIpc) is 2.79. The van der Waals surface area contributed by atoms with E-state index in [1.54, 1.807) is 0 Å². The molecule has 2 aliphatic rings. The highest BCUT2D eigenvalue weighted by molar-refractivity contribution is 5.04. The third-order valence-corrected chi connectivity index (χ3v) is 3.45. The van der Waals surface area contributed by atoms with Crippen molar-refractivity contribution in [3.63, 3.8) is 0 Å². The predicted octanol–water partition coefficient (Wildman–Crippen LogP) is 2.25. The van der Waals surface area contributed by atoms with E-state index < -0.39 is 0 Å². The summed E-state index contributed by atoms with van der Waals surface area (Å²) in [5.41, 5.74) is -0.477. The van der Waals surface area contributed by atoms with Crippen LogP contribution in [-0.2, 0) is 9.47 Å². The van der Waals surface area contributed by atoms with Crippen LogP contribution in [-0.4, -0.2) is 24.5 Å². The molecule has 0 spiro atoms. The molecule has 0 amide bonds. The summed E-state index contributed by atoms with van der Waals surface area (Å²) < 4.78 is 11.5. The van der Waals surface area contributed by atoms with E-state index in [1.807, 2.05) is 13.8 Å². The molecule has 0 radical (unpaired) electrons. The molecule has 0 aromatic heterocycles.